The van der Waals surface area contributed by atoms with E-state index < -0.39 is 0 Å². The number of thiazole rings is 1. The highest BCUT2D eigenvalue weighted by atomic mass is 32.1. The van der Waals surface area contributed by atoms with Gasteiger partial charge in [-0.25, -0.2) is 4.98 Å². The molecule has 0 saturated heterocycles. The highest BCUT2D eigenvalue weighted by Crippen LogP contribution is 2.21. The molecule has 2 rings (SSSR count). The molecule has 0 N–H and O–H groups in total. The molecule has 92 valence electrons. The molecule has 4 heteroatoms. The summed E-state index contributed by atoms with van der Waals surface area (Å²) in [6.07, 6.45) is 7.09. The minimum atomic E-state index is 0.515. The fourth-order valence-corrected chi connectivity index (χ4v) is 2.46. The number of aromatic nitrogens is 3. The molecule has 1 atom stereocenters. The highest BCUT2D eigenvalue weighted by molar-refractivity contribution is 7.09. The molecule has 1 unspecified atom stereocenters. The van der Waals surface area contributed by atoms with Gasteiger partial charge >= 0.3 is 0 Å². The summed E-state index contributed by atoms with van der Waals surface area (Å²) in [5, 5.41) is 7.65. The first-order valence-corrected chi connectivity index (χ1v) is 6.96. The maximum Gasteiger partial charge on any atom is 0.0953 e. The van der Waals surface area contributed by atoms with Gasteiger partial charge in [0.15, 0.2) is 0 Å². The van der Waals surface area contributed by atoms with Crippen LogP contribution in [0.5, 0.6) is 0 Å². The van der Waals surface area contributed by atoms with Gasteiger partial charge < -0.3 is 0 Å². The number of nitrogens with zero attached hydrogens (tertiary/aromatic N) is 3. The summed E-state index contributed by atoms with van der Waals surface area (Å²) in [6, 6.07) is 0. The van der Waals surface area contributed by atoms with Crippen molar-refractivity contribution in [3.63, 3.8) is 0 Å². The van der Waals surface area contributed by atoms with E-state index in [-0.39, 0.29) is 0 Å². The van der Waals surface area contributed by atoms with Crippen LogP contribution in [0.2, 0.25) is 0 Å². The minimum absolute atomic E-state index is 0.515. The first kappa shape index (κ1) is 12.3. The van der Waals surface area contributed by atoms with Crippen molar-refractivity contribution < 1.29 is 0 Å². The first-order chi connectivity index (χ1) is 8.16. The second kappa shape index (κ2) is 5.45. The first-order valence-electron chi connectivity index (χ1n) is 6.08. The summed E-state index contributed by atoms with van der Waals surface area (Å²) in [6.45, 7) is 7.58. The Morgan fingerprint density at radius 2 is 2.18 bits per heavy atom. The molecule has 0 bridgehead atoms. The largest absolute Gasteiger partial charge is 0.272 e. The molecule has 0 saturated carbocycles. The Morgan fingerprint density at radius 1 is 1.35 bits per heavy atom. The Labute approximate surface area is 107 Å². The highest BCUT2D eigenvalue weighted by Gasteiger charge is 2.09. The molecule has 17 heavy (non-hydrogen) atoms. The van der Waals surface area contributed by atoms with Gasteiger partial charge in [-0.2, -0.15) is 5.10 Å². The van der Waals surface area contributed by atoms with E-state index in [4.69, 9.17) is 0 Å². The zero-order chi connectivity index (χ0) is 12.3. The molecule has 0 spiro atoms. The van der Waals surface area contributed by atoms with E-state index in [9.17, 15) is 0 Å². The van der Waals surface area contributed by atoms with Crippen molar-refractivity contribution in [2.45, 2.75) is 45.6 Å². The second-order valence-corrected chi connectivity index (χ2v) is 5.68. The SMILES string of the molecule is CC(C)c1cnn(CCC(C)c2nccs2)c1. The van der Waals surface area contributed by atoms with Gasteiger partial charge in [-0.05, 0) is 17.9 Å². The van der Waals surface area contributed by atoms with Crippen molar-refractivity contribution in [3.05, 3.63) is 34.5 Å². The van der Waals surface area contributed by atoms with Crippen LogP contribution in [0.1, 0.15) is 49.6 Å². The molecule has 2 heterocycles. The Hall–Kier alpha value is -1.16. The van der Waals surface area contributed by atoms with E-state index in [1.165, 1.54) is 10.6 Å². The standard InChI is InChI=1S/C13H19N3S/c1-10(2)12-8-15-16(9-12)6-4-11(3)13-14-5-7-17-13/h5,7-11H,4,6H2,1-3H3. The van der Waals surface area contributed by atoms with E-state index in [1.54, 1.807) is 11.3 Å². The zero-order valence-electron chi connectivity index (χ0n) is 10.6. The van der Waals surface area contributed by atoms with Crippen LogP contribution in [-0.2, 0) is 6.54 Å². The van der Waals surface area contributed by atoms with Crippen LogP contribution in [-0.4, -0.2) is 14.8 Å². The van der Waals surface area contributed by atoms with Crippen molar-refractivity contribution in [3.8, 4) is 0 Å². The van der Waals surface area contributed by atoms with Gasteiger partial charge in [0, 0.05) is 30.2 Å². The minimum Gasteiger partial charge on any atom is -0.272 e. The Morgan fingerprint density at radius 3 is 2.76 bits per heavy atom. The maximum absolute atomic E-state index is 4.39. The molecule has 0 aliphatic carbocycles. The monoisotopic (exact) mass is 249 g/mol. The van der Waals surface area contributed by atoms with E-state index in [0.29, 0.717) is 11.8 Å². The quantitative estimate of drug-likeness (QED) is 0.809. The third-order valence-corrected chi connectivity index (χ3v) is 3.99. The summed E-state index contributed by atoms with van der Waals surface area (Å²) in [4.78, 5) is 4.35. The van der Waals surface area contributed by atoms with Crippen LogP contribution in [0.15, 0.2) is 24.0 Å². The van der Waals surface area contributed by atoms with Gasteiger partial charge in [-0.1, -0.05) is 20.8 Å². The number of aryl methyl sites for hydroxylation is 1. The Kier molecular flexibility index (Phi) is 3.94. The Bertz CT molecular complexity index is 445. The van der Waals surface area contributed by atoms with Gasteiger partial charge in [-0.3, -0.25) is 4.68 Å². The van der Waals surface area contributed by atoms with Crippen LogP contribution < -0.4 is 0 Å². The molecule has 0 aliphatic heterocycles. The van der Waals surface area contributed by atoms with Gasteiger partial charge in [0.2, 0.25) is 0 Å². The molecular formula is C13H19N3S. The summed E-state index contributed by atoms with van der Waals surface area (Å²) in [7, 11) is 0. The third-order valence-electron chi connectivity index (χ3n) is 2.98. The van der Waals surface area contributed by atoms with Crippen LogP contribution in [0.3, 0.4) is 0 Å². The molecule has 0 aromatic carbocycles. The smallest absolute Gasteiger partial charge is 0.0953 e. The second-order valence-electron chi connectivity index (χ2n) is 4.75. The molecule has 2 aromatic heterocycles. The Balaban J connectivity index is 1.89. The van der Waals surface area contributed by atoms with E-state index in [1.807, 2.05) is 22.5 Å². The topological polar surface area (TPSA) is 30.7 Å². The number of hydrogen-bond acceptors (Lipinski definition) is 3. The van der Waals surface area contributed by atoms with Crippen LogP contribution in [0, 0.1) is 0 Å². The fourth-order valence-electron chi connectivity index (χ4n) is 1.73. The lowest BCUT2D eigenvalue weighted by Crippen LogP contribution is -2.03. The molecule has 0 aliphatic rings. The lowest BCUT2D eigenvalue weighted by molar-refractivity contribution is 0.531. The molecule has 0 amide bonds. The van der Waals surface area contributed by atoms with Crippen molar-refractivity contribution >= 4 is 11.3 Å². The molecule has 0 fully saturated rings. The summed E-state index contributed by atoms with van der Waals surface area (Å²) in [5.41, 5.74) is 1.31. The maximum atomic E-state index is 4.39. The van der Waals surface area contributed by atoms with E-state index in [0.717, 1.165) is 13.0 Å². The van der Waals surface area contributed by atoms with Crippen LogP contribution in [0.4, 0.5) is 0 Å². The normalized spacial score (nSPS) is 13.2. The molecule has 2 aromatic rings. The number of rotatable bonds is 5. The van der Waals surface area contributed by atoms with Crippen molar-refractivity contribution in [2.75, 3.05) is 0 Å². The molecule has 0 radical (unpaired) electrons. The lowest BCUT2D eigenvalue weighted by Gasteiger charge is -2.07. The van der Waals surface area contributed by atoms with E-state index in [2.05, 4.69) is 37.1 Å². The summed E-state index contributed by atoms with van der Waals surface area (Å²) < 4.78 is 2.04. The zero-order valence-corrected chi connectivity index (χ0v) is 11.4. The summed E-state index contributed by atoms with van der Waals surface area (Å²) >= 11 is 1.74. The van der Waals surface area contributed by atoms with Crippen molar-refractivity contribution in [1.82, 2.24) is 14.8 Å². The number of hydrogen-bond donors (Lipinski definition) is 0. The van der Waals surface area contributed by atoms with Gasteiger partial charge in [0.1, 0.15) is 0 Å². The fraction of sp³-hybridized carbons (Fsp3) is 0.538. The average Bonchev–Trinajstić information content (AvgIpc) is 2.97. The average molecular weight is 249 g/mol. The van der Waals surface area contributed by atoms with Crippen LogP contribution in [0.25, 0.3) is 0 Å². The van der Waals surface area contributed by atoms with Gasteiger partial charge in [-0.15, -0.1) is 11.3 Å². The van der Waals surface area contributed by atoms with Crippen LogP contribution >= 0.6 is 11.3 Å². The third kappa shape index (κ3) is 3.16. The lowest BCUT2D eigenvalue weighted by atomic mass is 10.1. The van der Waals surface area contributed by atoms with Crippen molar-refractivity contribution in [1.29, 1.82) is 0 Å². The predicted molar refractivity (Wildman–Crippen MR) is 71.5 cm³/mol. The van der Waals surface area contributed by atoms with Crippen molar-refractivity contribution in [2.24, 2.45) is 0 Å². The van der Waals surface area contributed by atoms with Gasteiger partial charge in [0.25, 0.3) is 0 Å². The summed E-state index contributed by atoms with van der Waals surface area (Å²) in [5.74, 6) is 1.07. The molecular weight excluding hydrogens is 230 g/mol. The predicted octanol–water partition coefficient (Wildman–Crippen LogP) is 3.66. The molecule has 3 nitrogen and oxygen atoms in total. The van der Waals surface area contributed by atoms with E-state index >= 15 is 0 Å². The van der Waals surface area contributed by atoms with Gasteiger partial charge in [0.05, 0.1) is 11.2 Å².